The molecule has 1 aliphatic rings. The first-order valence-electron chi connectivity index (χ1n) is 5.74. The number of rotatable bonds is 3. The van der Waals surface area contributed by atoms with Gasteiger partial charge in [0.25, 0.3) is 0 Å². The normalized spacial score (nSPS) is 19.4. The highest BCUT2D eigenvalue weighted by molar-refractivity contribution is 7.99. The first kappa shape index (κ1) is 11.8. The van der Waals surface area contributed by atoms with Crippen molar-refractivity contribution < 1.29 is 4.74 Å². The minimum Gasteiger partial charge on any atom is -0.496 e. The maximum Gasteiger partial charge on any atom is 0.122 e. The van der Waals surface area contributed by atoms with Crippen LogP contribution in [0.25, 0.3) is 0 Å². The van der Waals surface area contributed by atoms with Gasteiger partial charge in [-0.25, -0.2) is 0 Å². The van der Waals surface area contributed by atoms with Crippen molar-refractivity contribution in [2.45, 2.75) is 18.3 Å². The number of hydrogen-bond acceptors (Lipinski definition) is 3. The van der Waals surface area contributed by atoms with E-state index in [-0.39, 0.29) is 5.41 Å². The highest BCUT2D eigenvalue weighted by Crippen LogP contribution is 2.41. The third kappa shape index (κ3) is 2.06. The highest BCUT2D eigenvalue weighted by Gasteiger charge is 2.34. The lowest BCUT2D eigenvalue weighted by atomic mass is 9.75. The van der Waals surface area contributed by atoms with Crippen LogP contribution in [0.2, 0.25) is 0 Å². The predicted octanol–water partition coefficient (Wildman–Crippen LogP) is 2.42. The lowest BCUT2D eigenvalue weighted by Crippen LogP contribution is -2.38. The fraction of sp³-hybridized carbons (Fsp3) is 0.538. The molecule has 0 saturated carbocycles. The number of nitrogens with two attached hydrogens (primary N) is 1. The van der Waals surface area contributed by atoms with Gasteiger partial charge in [-0.05, 0) is 30.4 Å². The molecular weight excluding hydrogens is 218 g/mol. The van der Waals surface area contributed by atoms with Gasteiger partial charge in [-0.2, -0.15) is 11.8 Å². The van der Waals surface area contributed by atoms with E-state index in [1.54, 1.807) is 7.11 Å². The molecule has 0 unspecified atom stereocenters. The van der Waals surface area contributed by atoms with Gasteiger partial charge in [-0.15, -0.1) is 0 Å². The monoisotopic (exact) mass is 237 g/mol. The van der Waals surface area contributed by atoms with E-state index in [0.717, 1.165) is 18.6 Å². The Hall–Kier alpha value is -0.670. The van der Waals surface area contributed by atoms with Crippen molar-refractivity contribution in [1.82, 2.24) is 0 Å². The zero-order valence-electron chi connectivity index (χ0n) is 9.74. The third-order valence-electron chi connectivity index (χ3n) is 3.52. The summed E-state index contributed by atoms with van der Waals surface area (Å²) in [5, 5.41) is 0. The van der Waals surface area contributed by atoms with Gasteiger partial charge in [0.05, 0.1) is 7.11 Å². The number of methoxy groups -OCH3 is 1. The number of ether oxygens (including phenoxy) is 1. The van der Waals surface area contributed by atoms with Crippen molar-refractivity contribution in [2.24, 2.45) is 5.73 Å². The molecule has 16 heavy (non-hydrogen) atoms. The fourth-order valence-corrected chi connectivity index (χ4v) is 3.70. The zero-order chi connectivity index (χ0) is 11.4. The van der Waals surface area contributed by atoms with Crippen LogP contribution >= 0.6 is 11.8 Å². The minimum absolute atomic E-state index is 0.137. The van der Waals surface area contributed by atoms with E-state index in [9.17, 15) is 0 Å². The average molecular weight is 237 g/mol. The number of hydrogen-bond donors (Lipinski definition) is 1. The van der Waals surface area contributed by atoms with Gasteiger partial charge in [0.2, 0.25) is 0 Å². The topological polar surface area (TPSA) is 35.2 Å². The molecule has 0 atom stereocenters. The molecule has 1 aromatic rings. The van der Waals surface area contributed by atoms with Gasteiger partial charge >= 0.3 is 0 Å². The van der Waals surface area contributed by atoms with Crippen molar-refractivity contribution in [3.05, 3.63) is 29.8 Å². The Labute approximate surface area is 102 Å². The Balaban J connectivity index is 2.38. The second-order valence-corrected chi connectivity index (χ2v) is 5.52. The molecule has 0 aliphatic carbocycles. The van der Waals surface area contributed by atoms with Crippen LogP contribution in [0.1, 0.15) is 18.4 Å². The van der Waals surface area contributed by atoms with Crippen molar-refractivity contribution in [3.63, 3.8) is 0 Å². The molecule has 0 aromatic heterocycles. The second-order valence-electron chi connectivity index (χ2n) is 4.30. The minimum atomic E-state index is 0.137. The fourth-order valence-electron chi connectivity index (χ4n) is 2.43. The number of para-hydroxylation sites is 1. The zero-order valence-corrected chi connectivity index (χ0v) is 10.6. The van der Waals surface area contributed by atoms with Crippen LogP contribution in [0, 0.1) is 0 Å². The molecule has 2 rings (SSSR count). The molecular formula is C13H19NOS. The van der Waals surface area contributed by atoms with Crippen LogP contribution in [0.4, 0.5) is 0 Å². The van der Waals surface area contributed by atoms with E-state index in [4.69, 9.17) is 10.5 Å². The average Bonchev–Trinajstić information content (AvgIpc) is 2.39. The summed E-state index contributed by atoms with van der Waals surface area (Å²) in [6, 6.07) is 8.30. The Morgan fingerprint density at radius 2 is 2.00 bits per heavy atom. The molecule has 2 N–H and O–H groups in total. The molecule has 0 radical (unpaired) electrons. The van der Waals surface area contributed by atoms with Crippen LogP contribution in [0.3, 0.4) is 0 Å². The smallest absolute Gasteiger partial charge is 0.122 e. The summed E-state index contributed by atoms with van der Waals surface area (Å²) in [6.45, 7) is 0.716. The standard InChI is InChI=1S/C13H19NOS/c1-15-12-5-3-2-4-11(12)13(10-14)6-8-16-9-7-13/h2-5H,6-10,14H2,1H3. The first-order valence-corrected chi connectivity index (χ1v) is 6.89. The van der Waals surface area contributed by atoms with Gasteiger partial charge in [-0.1, -0.05) is 18.2 Å². The summed E-state index contributed by atoms with van der Waals surface area (Å²) in [5.74, 6) is 3.39. The molecule has 1 aromatic carbocycles. The largest absolute Gasteiger partial charge is 0.496 e. The Bertz CT molecular complexity index is 348. The number of thioether (sulfide) groups is 1. The molecule has 88 valence electrons. The van der Waals surface area contributed by atoms with Crippen LogP contribution in [0.15, 0.2) is 24.3 Å². The second kappa shape index (κ2) is 5.11. The van der Waals surface area contributed by atoms with Gasteiger partial charge in [-0.3, -0.25) is 0 Å². The maximum absolute atomic E-state index is 6.03. The molecule has 1 aliphatic heterocycles. The predicted molar refractivity (Wildman–Crippen MR) is 70.3 cm³/mol. The molecule has 0 spiro atoms. The van der Waals surface area contributed by atoms with E-state index in [1.165, 1.54) is 17.1 Å². The van der Waals surface area contributed by atoms with Gasteiger partial charge < -0.3 is 10.5 Å². The van der Waals surface area contributed by atoms with Crippen molar-refractivity contribution >= 4 is 11.8 Å². The van der Waals surface area contributed by atoms with Crippen LogP contribution in [-0.4, -0.2) is 25.2 Å². The molecule has 1 fully saturated rings. The van der Waals surface area contributed by atoms with Crippen LogP contribution < -0.4 is 10.5 Å². The van der Waals surface area contributed by atoms with Gasteiger partial charge in [0.15, 0.2) is 0 Å². The number of benzene rings is 1. The molecule has 1 saturated heterocycles. The summed E-state index contributed by atoms with van der Waals surface area (Å²) in [6.07, 6.45) is 2.32. The van der Waals surface area contributed by atoms with Gasteiger partial charge in [0, 0.05) is 17.5 Å². The quantitative estimate of drug-likeness (QED) is 0.877. The third-order valence-corrected chi connectivity index (χ3v) is 4.50. The van der Waals surface area contributed by atoms with Crippen molar-refractivity contribution in [1.29, 1.82) is 0 Å². The molecule has 0 amide bonds. The summed E-state index contributed by atoms with van der Waals surface area (Å²) >= 11 is 2.02. The van der Waals surface area contributed by atoms with E-state index >= 15 is 0 Å². The lowest BCUT2D eigenvalue weighted by Gasteiger charge is -2.37. The summed E-state index contributed by atoms with van der Waals surface area (Å²) in [4.78, 5) is 0. The summed E-state index contributed by atoms with van der Waals surface area (Å²) in [5.41, 5.74) is 7.46. The lowest BCUT2D eigenvalue weighted by molar-refractivity contribution is 0.359. The highest BCUT2D eigenvalue weighted by atomic mass is 32.2. The summed E-state index contributed by atoms with van der Waals surface area (Å²) < 4.78 is 5.46. The van der Waals surface area contributed by atoms with E-state index in [0.29, 0.717) is 6.54 Å². The van der Waals surface area contributed by atoms with Crippen LogP contribution in [0.5, 0.6) is 5.75 Å². The van der Waals surface area contributed by atoms with Gasteiger partial charge in [0.1, 0.15) is 5.75 Å². The SMILES string of the molecule is COc1ccccc1C1(CN)CCSCC1. The van der Waals surface area contributed by atoms with E-state index in [1.807, 2.05) is 23.9 Å². The van der Waals surface area contributed by atoms with Crippen molar-refractivity contribution in [2.75, 3.05) is 25.2 Å². The van der Waals surface area contributed by atoms with Crippen molar-refractivity contribution in [3.8, 4) is 5.75 Å². The Kier molecular flexibility index (Phi) is 3.77. The van der Waals surface area contributed by atoms with E-state index < -0.39 is 0 Å². The Morgan fingerprint density at radius 3 is 2.62 bits per heavy atom. The Morgan fingerprint density at radius 1 is 1.31 bits per heavy atom. The maximum atomic E-state index is 6.03. The molecule has 0 bridgehead atoms. The molecule has 3 heteroatoms. The molecule has 2 nitrogen and oxygen atoms in total. The first-order chi connectivity index (χ1) is 7.82. The van der Waals surface area contributed by atoms with Crippen LogP contribution in [-0.2, 0) is 5.41 Å². The summed E-state index contributed by atoms with van der Waals surface area (Å²) in [7, 11) is 1.74. The van der Waals surface area contributed by atoms with E-state index in [2.05, 4.69) is 12.1 Å². The molecule has 1 heterocycles.